The lowest BCUT2D eigenvalue weighted by Crippen LogP contribution is -2.38. The number of nitrogens with one attached hydrogen (secondary N) is 2. The molecule has 3 rings (SSSR count). The molecule has 4 heteroatoms. The van der Waals surface area contributed by atoms with Crippen LogP contribution in [0.1, 0.15) is 48.9 Å². The molecular weight excluding hydrogens is 300 g/mol. The number of amides is 2. The molecule has 2 amide bonds. The van der Waals surface area contributed by atoms with Gasteiger partial charge in [-0.3, -0.25) is 9.59 Å². The Labute approximate surface area is 142 Å². The van der Waals surface area contributed by atoms with Crippen LogP contribution in [0.15, 0.2) is 42.5 Å². The van der Waals surface area contributed by atoms with Gasteiger partial charge in [0.2, 0.25) is 5.91 Å². The molecule has 1 fully saturated rings. The summed E-state index contributed by atoms with van der Waals surface area (Å²) in [5.74, 6) is -0.105. The van der Waals surface area contributed by atoms with Gasteiger partial charge in [-0.1, -0.05) is 49.6 Å². The summed E-state index contributed by atoms with van der Waals surface area (Å²) in [4.78, 5) is 24.2. The lowest BCUT2D eigenvalue weighted by atomic mass is 9.95. The molecule has 0 atom stereocenters. The second-order valence-electron chi connectivity index (χ2n) is 6.47. The topological polar surface area (TPSA) is 58.2 Å². The van der Waals surface area contributed by atoms with Crippen LogP contribution in [0.3, 0.4) is 0 Å². The SMILES string of the molecule is O=C(CCNC(=O)c1ccc2ccccc2c1)NC1CCCCC1. The normalized spacial score (nSPS) is 15.2. The molecule has 0 aliphatic heterocycles. The van der Waals surface area contributed by atoms with Crippen molar-refractivity contribution >= 4 is 22.6 Å². The van der Waals surface area contributed by atoms with E-state index in [1.165, 1.54) is 19.3 Å². The van der Waals surface area contributed by atoms with E-state index in [0.717, 1.165) is 23.6 Å². The van der Waals surface area contributed by atoms with Gasteiger partial charge in [0.15, 0.2) is 0 Å². The van der Waals surface area contributed by atoms with Gasteiger partial charge in [0.05, 0.1) is 0 Å². The van der Waals surface area contributed by atoms with E-state index in [9.17, 15) is 9.59 Å². The van der Waals surface area contributed by atoms with E-state index in [1.54, 1.807) is 0 Å². The molecule has 2 aromatic rings. The van der Waals surface area contributed by atoms with Crippen LogP contribution in [0, 0.1) is 0 Å². The van der Waals surface area contributed by atoms with Crippen molar-refractivity contribution in [1.29, 1.82) is 0 Å². The summed E-state index contributed by atoms with van der Waals surface area (Å²) in [5, 5.41) is 8.05. The average Bonchev–Trinajstić information content (AvgIpc) is 2.62. The number of rotatable bonds is 5. The van der Waals surface area contributed by atoms with Crippen molar-refractivity contribution in [1.82, 2.24) is 10.6 Å². The van der Waals surface area contributed by atoms with Crippen molar-refractivity contribution in [3.63, 3.8) is 0 Å². The first-order valence-corrected chi connectivity index (χ1v) is 8.79. The van der Waals surface area contributed by atoms with Gasteiger partial charge in [0, 0.05) is 24.6 Å². The monoisotopic (exact) mass is 324 g/mol. The highest BCUT2D eigenvalue weighted by Gasteiger charge is 2.15. The molecule has 2 N–H and O–H groups in total. The molecule has 0 heterocycles. The van der Waals surface area contributed by atoms with Crippen molar-refractivity contribution in [3.8, 4) is 0 Å². The third kappa shape index (κ3) is 4.34. The first-order chi connectivity index (χ1) is 11.7. The second kappa shape index (κ2) is 7.95. The first-order valence-electron chi connectivity index (χ1n) is 8.79. The quantitative estimate of drug-likeness (QED) is 0.885. The van der Waals surface area contributed by atoms with Crippen molar-refractivity contribution < 1.29 is 9.59 Å². The van der Waals surface area contributed by atoms with Gasteiger partial charge in [0.25, 0.3) is 5.91 Å². The Morgan fingerprint density at radius 2 is 1.71 bits per heavy atom. The van der Waals surface area contributed by atoms with Crippen LogP contribution in [0.4, 0.5) is 0 Å². The molecule has 1 aliphatic rings. The van der Waals surface area contributed by atoms with Gasteiger partial charge in [-0.05, 0) is 35.7 Å². The molecule has 0 spiro atoms. The van der Waals surface area contributed by atoms with Crippen LogP contribution >= 0.6 is 0 Å². The largest absolute Gasteiger partial charge is 0.353 e. The first kappa shape index (κ1) is 16.5. The number of carbonyl (C=O) groups excluding carboxylic acids is 2. The average molecular weight is 324 g/mol. The fraction of sp³-hybridized carbons (Fsp3) is 0.400. The van der Waals surface area contributed by atoms with Gasteiger partial charge in [0.1, 0.15) is 0 Å². The van der Waals surface area contributed by atoms with E-state index in [-0.39, 0.29) is 11.8 Å². The molecule has 0 radical (unpaired) electrons. The van der Waals surface area contributed by atoms with E-state index in [1.807, 2.05) is 42.5 Å². The molecule has 1 saturated carbocycles. The standard InChI is InChI=1S/C20H24N2O2/c23-19(22-18-8-2-1-3-9-18)12-13-21-20(24)17-11-10-15-6-4-5-7-16(15)14-17/h4-7,10-11,14,18H,1-3,8-9,12-13H2,(H,21,24)(H,22,23). The number of benzene rings is 2. The van der Waals surface area contributed by atoms with Crippen LogP contribution < -0.4 is 10.6 Å². The molecule has 0 aromatic heterocycles. The number of fused-ring (bicyclic) bond motifs is 1. The van der Waals surface area contributed by atoms with Crippen LogP contribution in [0.25, 0.3) is 10.8 Å². The van der Waals surface area contributed by atoms with Gasteiger partial charge >= 0.3 is 0 Å². The van der Waals surface area contributed by atoms with Gasteiger partial charge in [-0.15, -0.1) is 0 Å². The summed E-state index contributed by atoms with van der Waals surface area (Å²) in [6, 6.07) is 13.9. The van der Waals surface area contributed by atoms with Crippen LogP contribution in [0.5, 0.6) is 0 Å². The van der Waals surface area contributed by atoms with Gasteiger partial charge in [-0.2, -0.15) is 0 Å². The van der Waals surface area contributed by atoms with Crippen molar-refractivity contribution in [2.24, 2.45) is 0 Å². The lowest BCUT2D eigenvalue weighted by Gasteiger charge is -2.22. The summed E-state index contributed by atoms with van der Waals surface area (Å²) in [7, 11) is 0. The zero-order chi connectivity index (χ0) is 16.8. The van der Waals surface area contributed by atoms with Crippen LogP contribution in [-0.2, 0) is 4.79 Å². The fourth-order valence-corrected chi connectivity index (χ4v) is 3.27. The summed E-state index contributed by atoms with van der Waals surface area (Å²) in [6.07, 6.45) is 6.15. The van der Waals surface area contributed by atoms with E-state index < -0.39 is 0 Å². The third-order valence-electron chi connectivity index (χ3n) is 4.62. The zero-order valence-corrected chi connectivity index (χ0v) is 13.9. The highest BCUT2D eigenvalue weighted by molar-refractivity contribution is 5.98. The van der Waals surface area contributed by atoms with Gasteiger partial charge < -0.3 is 10.6 Å². The predicted molar refractivity (Wildman–Crippen MR) is 95.9 cm³/mol. The maximum Gasteiger partial charge on any atom is 0.251 e. The Morgan fingerprint density at radius 3 is 2.50 bits per heavy atom. The maximum absolute atomic E-state index is 12.2. The zero-order valence-electron chi connectivity index (χ0n) is 13.9. The molecule has 0 saturated heterocycles. The Kier molecular flexibility index (Phi) is 5.47. The van der Waals surface area contributed by atoms with Crippen molar-refractivity contribution in [2.45, 2.75) is 44.6 Å². The minimum Gasteiger partial charge on any atom is -0.353 e. The fourth-order valence-electron chi connectivity index (χ4n) is 3.27. The van der Waals surface area contributed by atoms with Crippen molar-refractivity contribution in [2.75, 3.05) is 6.54 Å². The number of hydrogen-bond acceptors (Lipinski definition) is 2. The van der Waals surface area contributed by atoms with Crippen molar-refractivity contribution in [3.05, 3.63) is 48.0 Å². The minimum atomic E-state index is -0.133. The number of carbonyl (C=O) groups is 2. The third-order valence-corrected chi connectivity index (χ3v) is 4.62. The molecule has 0 unspecified atom stereocenters. The molecule has 24 heavy (non-hydrogen) atoms. The minimum absolute atomic E-state index is 0.0284. The van der Waals surface area contributed by atoms with E-state index in [4.69, 9.17) is 0 Å². The summed E-state index contributed by atoms with van der Waals surface area (Å²) in [5.41, 5.74) is 0.626. The Balaban J connectivity index is 1.46. The number of hydrogen-bond donors (Lipinski definition) is 2. The highest BCUT2D eigenvalue weighted by Crippen LogP contribution is 2.17. The summed E-state index contributed by atoms with van der Waals surface area (Å²) in [6.45, 7) is 0.365. The van der Waals surface area contributed by atoms with E-state index in [2.05, 4.69) is 10.6 Å². The van der Waals surface area contributed by atoms with Gasteiger partial charge in [-0.25, -0.2) is 0 Å². The summed E-state index contributed by atoms with van der Waals surface area (Å²) < 4.78 is 0. The highest BCUT2D eigenvalue weighted by atomic mass is 16.2. The maximum atomic E-state index is 12.2. The Morgan fingerprint density at radius 1 is 0.958 bits per heavy atom. The van der Waals surface area contributed by atoms with Crippen LogP contribution in [0.2, 0.25) is 0 Å². The lowest BCUT2D eigenvalue weighted by molar-refractivity contribution is -0.121. The smallest absolute Gasteiger partial charge is 0.251 e. The molecule has 1 aliphatic carbocycles. The second-order valence-corrected chi connectivity index (χ2v) is 6.47. The molecule has 126 valence electrons. The molecular formula is C20H24N2O2. The Hall–Kier alpha value is -2.36. The Bertz CT molecular complexity index is 720. The molecule has 0 bridgehead atoms. The van der Waals surface area contributed by atoms with E-state index >= 15 is 0 Å². The molecule has 4 nitrogen and oxygen atoms in total. The van der Waals surface area contributed by atoms with E-state index in [0.29, 0.717) is 24.6 Å². The van der Waals surface area contributed by atoms with Crippen LogP contribution in [-0.4, -0.2) is 24.4 Å². The molecule has 2 aromatic carbocycles. The predicted octanol–water partition coefficient (Wildman–Crippen LogP) is 3.41. The summed E-state index contributed by atoms with van der Waals surface area (Å²) >= 11 is 0.